The van der Waals surface area contributed by atoms with Crippen molar-refractivity contribution in [3.05, 3.63) is 46.5 Å². The molecular formula is C15H11F4N3. The molecule has 0 bridgehead atoms. The van der Waals surface area contributed by atoms with Crippen LogP contribution in [-0.4, -0.2) is 9.78 Å². The molecule has 1 heterocycles. The zero-order valence-corrected chi connectivity index (χ0v) is 11.4. The molecule has 114 valence electrons. The van der Waals surface area contributed by atoms with E-state index in [1.165, 1.54) is 12.1 Å². The minimum Gasteiger partial charge on any atom is -0.237 e. The van der Waals surface area contributed by atoms with Crippen molar-refractivity contribution < 1.29 is 17.6 Å². The molecule has 7 heteroatoms. The Morgan fingerprint density at radius 3 is 2.55 bits per heavy atom. The standard InChI is InChI=1S/C15H11F4N3/c16-12-7-10(6-5-9(12)8-20)22-13-4-2-1-3-11(13)14(21-22)15(17,18)19/h5-7H,1-4H2. The highest BCUT2D eigenvalue weighted by Gasteiger charge is 2.39. The Hall–Kier alpha value is -2.36. The van der Waals surface area contributed by atoms with Gasteiger partial charge in [-0.15, -0.1) is 0 Å². The summed E-state index contributed by atoms with van der Waals surface area (Å²) in [5.74, 6) is -0.770. The third kappa shape index (κ3) is 2.34. The van der Waals surface area contributed by atoms with Crippen molar-refractivity contribution in [3.63, 3.8) is 0 Å². The average molecular weight is 309 g/mol. The first-order valence-electron chi connectivity index (χ1n) is 6.80. The van der Waals surface area contributed by atoms with Crippen molar-refractivity contribution in [2.24, 2.45) is 0 Å². The van der Waals surface area contributed by atoms with Crippen molar-refractivity contribution in [2.75, 3.05) is 0 Å². The quantitative estimate of drug-likeness (QED) is 0.752. The molecule has 0 fully saturated rings. The number of nitrogens with zero attached hydrogens (tertiary/aromatic N) is 3. The lowest BCUT2D eigenvalue weighted by Crippen LogP contribution is -2.11. The van der Waals surface area contributed by atoms with Gasteiger partial charge in [0, 0.05) is 17.3 Å². The van der Waals surface area contributed by atoms with Gasteiger partial charge in [0.25, 0.3) is 0 Å². The SMILES string of the molecule is N#Cc1ccc(-n2nc(C(F)(F)F)c3c2CCCC3)cc1F. The van der Waals surface area contributed by atoms with Gasteiger partial charge in [-0.2, -0.15) is 23.5 Å². The number of hydrogen-bond donors (Lipinski definition) is 0. The lowest BCUT2D eigenvalue weighted by molar-refractivity contribution is -0.142. The molecule has 22 heavy (non-hydrogen) atoms. The van der Waals surface area contributed by atoms with E-state index in [4.69, 9.17) is 5.26 Å². The van der Waals surface area contributed by atoms with E-state index in [1.54, 1.807) is 6.07 Å². The molecule has 0 aliphatic heterocycles. The zero-order chi connectivity index (χ0) is 15.9. The van der Waals surface area contributed by atoms with Crippen LogP contribution in [0.15, 0.2) is 18.2 Å². The molecule has 0 radical (unpaired) electrons. The minimum absolute atomic E-state index is 0.152. The molecule has 0 spiro atoms. The van der Waals surface area contributed by atoms with Crippen LogP contribution in [0.25, 0.3) is 5.69 Å². The second kappa shape index (κ2) is 5.13. The van der Waals surface area contributed by atoms with Crippen molar-refractivity contribution in [2.45, 2.75) is 31.9 Å². The van der Waals surface area contributed by atoms with Crippen molar-refractivity contribution in [3.8, 4) is 11.8 Å². The highest BCUT2D eigenvalue weighted by atomic mass is 19.4. The Labute approximate surface area is 123 Å². The molecule has 2 aromatic rings. The predicted octanol–water partition coefficient (Wildman–Crippen LogP) is 3.78. The molecule has 0 unspecified atom stereocenters. The van der Waals surface area contributed by atoms with Crippen LogP contribution in [0.5, 0.6) is 0 Å². The summed E-state index contributed by atoms with van der Waals surface area (Å²) >= 11 is 0. The van der Waals surface area contributed by atoms with E-state index in [2.05, 4.69) is 5.10 Å². The number of nitriles is 1. The fraction of sp³-hybridized carbons (Fsp3) is 0.333. The van der Waals surface area contributed by atoms with Gasteiger partial charge in [0.1, 0.15) is 11.9 Å². The van der Waals surface area contributed by atoms with Gasteiger partial charge in [-0.05, 0) is 37.8 Å². The Kier molecular flexibility index (Phi) is 3.39. The smallest absolute Gasteiger partial charge is 0.237 e. The Morgan fingerprint density at radius 1 is 1.18 bits per heavy atom. The number of rotatable bonds is 1. The molecule has 0 saturated heterocycles. The van der Waals surface area contributed by atoms with Crippen LogP contribution < -0.4 is 0 Å². The van der Waals surface area contributed by atoms with Crippen molar-refractivity contribution in [1.82, 2.24) is 9.78 Å². The van der Waals surface area contributed by atoms with Crippen LogP contribution in [0.4, 0.5) is 17.6 Å². The Morgan fingerprint density at radius 2 is 1.91 bits per heavy atom. The fourth-order valence-corrected chi connectivity index (χ4v) is 2.77. The number of alkyl halides is 3. The molecular weight excluding hydrogens is 298 g/mol. The summed E-state index contributed by atoms with van der Waals surface area (Å²) < 4.78 is 54.2. The van der Waals surface area contributed by atoms with Gasteiger partial charge in [0.15, 0.2) is 5.69 Å². The van der Waals surface area contributed by atoms with Gasteiger partial charge in [-0.1, -0.05) is 0 Å². The average Bonchev–Trinajstić information content (AvgIpc) is 2.87. The molecule has 1 aliphatic rings. The molecule has 0 saturated carbocycles. The van der Waals surface area contributed by atoms with Gasteiger partial charge in [-0.3, -0.25) is 0 Å². The normalized spacial score (nSPS) is 14.5. The van der Waals surface area contributed by atoms with Gasteiger partial charge in [0.05, 0.1) is 11.3 Å². The van der Waals surface area contributed by atoms with Crippen LogP contribution >= 0.6 is 0 Å². The molecule has 1 aliphatic carbocycles. The maximum atomic E-state index is 13.7. The van der Waals surface area contributed by atoms with Crippen molar-refractivity contribution >= 4 is 0 Å². The largest absolute Gasteiger partial charge is 0.435 e. The molecule has 3 rings (SSSR count). The maximum Gasteiger partial charge on any atom is 0.435 e. The number of fused-ring (bicyclic) bond motifs is 1. The second-order valence-electron chi connectivity index (χ2n) is 5.17. The highest BCUT2D eigenvalue weighted by molar-refractivity contribution is 5.44. The molecule has 3 nitrogen and oxygen atoms in total. The number of benzene rings is 1. The van der Waals surface area contributed by atoms with E-state index in [9.17, 15) is 17.6 Å². The van der Waals surface area contributed by atoms with E-state index in [-0.39, 0.29) is 16.8 Å². The molecule has 1 aromatic carbocycles. The van der Waals surface area contributed by atoms with Gasteiger partial charge < -0.3 is 0 Å². The number of halogens is 4. The van der Waals surface area contributed by atoms with Crippen LogP contribution in [0.2, 0.25) is 0 Å². The minimum atomic E-state index is -4.53. The van der Waals surface area contributed by atoms with Crippen LogP contribution in [0, 0.1) is 17.1 Å². The van der Waals surface area contributed by atoms with Crippen LogP contribution in [0.3, 0.4) is 0 Å². The first-order valence-corrected chi connectivity index (χ1v) is 6.80. The van der Waals surface area contributed by atoms with Crippen LogP contribution in [-0.2, 0) is 19.0 Å². The lowest BCUT2D eigenvalue weighted by Gasteiger charge is -2.14. The highest BCUT2D eigenvalue weighted by Crippen LogP contribution is 2.36. The Bertz CT molecular complexity index is 768. The summed E-state index contributed by atoms with van der Waals surface area (Å²) in [5.41, 5.74) is -0.177. The second-order valence-corrected chi connectivity index (χ2v) is 5.17. The zero-order valence-electron chi connectivity index (χ0n) is 11.4. The third-order valence-electron chi connectivity index (χ3n) is 3.77. The lowest BCUT2D eigenvalue weighted by atomic mass is 9.95. The molecule has 0 amide bonds. The van der Waals surface area contributed by atoms with E-state index in [1.807, 2.05) is 0 Å². The number of hydrogen-bond acceptors (Lipinski definition) is 2. The van der Waals surface area contributed by atoms with E-state index in [0.717, 1.165) is 17.2 Å². The topological polar surface area (TPSA) is 41.6 Å². The van der Waals surface area contributed by atoms with Crippen LogP contribution in [0.1, 0.15) is 35.4 Å². The monoisotopic (exact) mass is 309 g/mol. The first kappa shape index (κ1) is 14.6. The summed E-state index contributed by atoms with van der Waals surface area (Å²) in [6.45, 7) is 0. The molecule has 1 aromatic heterocycles. The summed E-state index contributed by atoms with van der Waals surface area (Å²) in [6.07, 6.45) is -2.28. The summed E-state index contributed by atoms with van der Waals surface area (Å²) in [5, 5.41) is 12.4. The van der Waals surface area contributed by atoms with E-state index >= 15 is 0 Å². The summed E-state index contributed by atoms with van der Waals surface area (Å²) in [4.78, 5) is 0. The van der Waals surface area contributed by atoms with Gasteiger partial charge >= 0.3 is 6.18 Å². The predicted molar refractivity (Wildman–Crippen MR) is 69.9 cm³/mol. The third-order valence-corrected chi connectivity index (χ3v) is 3.77. The Balaban J connectivity index is 2.17. The van der Waals surface area contributed by atoms with Gasteiger partial charge in [0.2, 0.25) is 0 Å². The summed E-state index contributed by atoms with van der Waals surface area (Å²) in [7, 11) is 0. The number of aromatic nitrogens is 2. The fourth-order valence-electron chi connectivity index (χ4n) is 2.77. The first-order chi connectivity index (χ1) is 10.4. The molecule has 0 atom stereocenters. The molecule has 0 N–H and O–H groups in total. The van der Waals surface area contributed by atoms with E-state index in [0.29, 0.717) is 25.0 Å². The van der Waals surface area contributed by atoms with E-state index < -0.39 is 17.7 Å². The summed E-state index contributed by atoms with van der Waals surface area (Å²) in [6, 6.07) is 5.37. The maximum absolute atomic E-state index is 13.7. The van der Waals surface area contributed by atoms with Crippen molar-refractivity contribution in [1.29, 1.82) is 5.26 Å². The van der Waals surface area contributed by atoms with Gasteiger partial charge in [-0.25, -0.2) is 9.07 Å².